The number of aliphatic carboxylic acids is 1. The summed E-state index contributed by atoms with van der Waals surface area (Å²) in [7, 11) is 1.17. The molecule has 1 aliphatic carbocycles. The molecule has 0 aromatic carbocycles. The first kappa shape index (κ1) is 17.3. The maximum absolute atomic E-state index is 11.8. The van der Waals surface area contributed by atoms with Crippen molar-refractivity contribution in [3.63, 3.8) is 0 Å². The summed E-state index contributed by atoms with van der Waals surface area (Å²) in [6, 6.07) is -1.79. The van der Waals surface area contributed by atoms with Gasteiger partial charge < -0.3 is 20.5 Å². The average Bonchev–Trinajstić information content (AvgIpc) is 2.41. The zero-order valence-corrected chi connectivity index (χ0v) is 12.7. The number of esters is 1. The third kappa shape index (κ3) is 5.61. The van der Waals surface area contributed by atoms with Gasteiger partial charge in [0.2, 0.25) is 0 Å². The van der Waals surface area contributed by atoms with Crippen LogP contribution in [0.25, 0.3) is 0 Å². The number of methoxy groups -OCH3 is 1. The molecule has 0 aromatic rings. The van der Waals surface area contributed by atoms with Gasteiger partial charge in [-0.3, -0.25) is 4.79 Å². The van der Waals surface area contributed by atoms with Gasteiger partial charge in [-0.2, -0.15) is 0 Å². The number of rotatable bonds is 5. The topological polar surface area (TPSA) is 105 Å². The number of urea groups is 1. The maximum atomic E-state index is 11.8. The molecule has 21 heavy (non-hydrogen) atoms. The Morgan fingerprint density at radius 1 is 1.24 bits per heavy atom. The van der Waals surface area contributed by atoms with Crippen LogP contribution < -0.4 is 10.6 Å². The van der Waals surface area contributed by atoms with Crippen LogP contribution in [-0.2, 0) is 14.3 Å². The van der Waals surface area contributed by atoms with E-state index in [1.165, 1.54) is 7.11 Å². The van der Waals surface area contributed by atoms with Crippen molar-refractivity contribution in [3.8, 4) is 0 Å². The molecule has 0 heterocycles. The molecule has 4 atom stereocenters. The highest BCUT2D eigenvalue weighted by molar-refractivity contribution is 5.86. The molecule has 7 heteroatoms. The van der Waals surface area contributed by atoms with Gasteiger partial charge >= 0.3 is 18.0 Å². The minimum Gasteiger partial charge on any atom is -0.480 e. The van der Waals surface area contributed by atoms with Crippen LogP contribution in [0.1, 0.15) is 39.5 Å². The zero-order valence-electron chi connectivity index (χ0n) is 12.7. The highest BCUT2D eigenvalue weighted by Crippen LogP contribution is 2.29. The smallest absolute Gasteiger partial charge is 0.326 e. The minimum absolute atomic E-state index is 0.0452. The fourth-order valence-electron chi connectivity index (χ4n) is 2.51. The van der Waals surface area contributed by atoms with Gasteiger partial charge in [0.05, 0.1) is 13.5 Å². The summed E-state index contributed by atoms with van der Waals surface area (Å²) in [6.45, 7) is 4.34. The molecule has 1 aliphatic rings. The molecule has 0 bridgehead atoms. The Morgan fingerprint density at radius 3 is 2.43 bits per heavy atom. The Bertz CT molecular complexity index is 399. The second-order valence-electron chi connectivity index (χ2n) is 5.75. The quantitative estimate of drug-likeness (QED) is 0.660. The molecule has 0 saturated heterocycles. The molecular formula is C14H24N2O5. The van der Waals surface area contributed by atoms with Crippen molar-refractivity contribution in [2.75, 3.05) is 7.11 Å². The lowest BCUT2D eigenvalue weighted by Crippen LogP contribution is -2.50. The van der Waals surface area contributed by atoms with E-state index in [4.69, 9.17) is 5.11 Å². The van der Waals surface area contributed by atoms with Gasteiger partial charge in [0.1, 0.15) is 6.04 Å². The lowest BCUT2D eigenvalue weighted by atomic mass is 9.79. The van der Waals surface area contributed by atoms with Crippen molar-refractivity contribution in [3.05, 3.63) is 0 Å². The summed E-state index contributed by atoms with van der Waals surface area (Å²) in [5.41, 5.74) is 0. The third-order valence-corrected chi connectivity index (χ3v) is 4.14. The number of amides is 2. The molecule has 0 spiro atoms. The van der Waals surface area contributed by atoms with Crippen molar-refractivity contribution in [1.29, 1.82) is 0 Å². The molecule has 0 radical (unpaired) electrons. The summed E-state index contributed by atoms with van der Waals surface area (Å²) < 4.78 is 4.41. The summed E-state index contributed by atoms with van der Waals surface area (Å²) >= 11 is 0. The highest BCUT2D eigenvalue weighted by Gasteiger charge is 2.28. The molecule has 120 valence electrons. The predicted octanol–water partition coefficient (Wildman–Crippen LogP) is 1.13. The van der Waals surface area contributed by atoms with Crippen molar-refractivity contribution in [1.82, 2.24) is 10.6 Å². The summed E-state index contributed by atoms with van der Waals surface area (Å²) in [5, 5.41) is 14.1. The summed E-state index contributed by atoms with van der Waals surface area (Å²) in [4.78, 5) is 34.0. The standard InChI is InChI=1S/C14H24N2O5/c1-8-4-5-10(6-9(8)2)15-14(20)16-11(13(18)19)7-12(17)21-3/h8-11H,4-7H2,1-3H3,(H,18,19)(H2,15,16,20)/t8?,9?,10?,11-/m0/s1. The number of carboxylic acids is 1. The number of carbonyl (C=O) groups excluding carboxylic acids is 2. The molecular weight excluding hydrogens is 276 g/mol. The van der Waals surface area contributed by atoms with E-state index in [1.54, 1.807) is 0 Å². The Kier molecular flexibility index (Phi) is 6.45. The van der Waals surface area contributed by atoms with Gasteiger partial charge in [-0.25, -0.2) is 9.59 Å². The molecule has 0 aromatic heterocycles. The molecule has 0 aliphatic heterocycles. The van der Waals surface area contributed by atoms with Crippen molar-refractivity contribution < 1.29 is 24.2 Å². The number of nitrogens with one attached hydrogen (secondary N) is 2. The van der Waals surface area contributed by atoms with Crippen LogP contribution in [0.4, 0.5) is 4.79 Å². The van der Waals surface area contributed by atoms with E-state index in [-0.39, 0.29) is 6.04 Å². The minimum atomic E-state index is -1.28. The summed E-state index contributed by atoms with van der Waals surface area (Å²) in [5.74, 6) is -0.782. The molecule has 1 rings (SSSR count). The van der Waals surface area contributed by atoms with Crippen LogP contribution in [0.15, 0.2) is 0 Å². The number of ether oxygens (including phenoxy) is 1. The Labute approximate surface area is 124 Å². The highest BCUT2D eigenvalue weighted by atomic mass is 16.5. The van der Waals surface area contributed by atoms with E-state index >= 15 is 0 Å². The van der Waals surface area contributed by atoms with Crippen molar-refractivity contribution >= 4 is 18.0 Å². The summed E-state index contributed by atoms with van der Waals surface area (Å²) in [6.07, 6.45) is 2.41. The average molecular weight is 300 g/mol. The van der Waals surface area contributed by atoms with Crippen LogP contribution in [0.2, 0.25) is 0 Å². The molecule has 2 amide bonds. The van der Waals surface area contributed by atoms with Crippen LogP contribution in [0.5, 0.6) is 0 Å². The van der Waals surface area contributed by atoms with E-state index < -0.39 is 30.4 Å². The van der Waals surface area contributed by atoms with Crippen LogP contribution >= 0.6 is 0 Å². The van der Waals surface area contributed by atoms with Gasteiger partial charge in [-0.05, 0) is 31.1 Å². The Morgan fingerprint density at radius 2 is 1.90 bits per heavy atom. The van der Waals surface area contributed by atoms with Gasteiger partial charge in [0.15, 0.2) is 0 Å². The number of carboxylic acid groups (broad SMARTS) is 1. The number of hydrogen-bond acceptors (Lipinski definition) is 4. The lowest BCUT2D eigenvalue weighted by Gasteiger charge is -2.32. The normalized spacial score (nSPS) is 26.5. The van der Waals surface area contributed by atoms with E-state index in [1.807, 2.05) is 0 Å². The molecule has 1 saturated carbocycles. The zero-order chi connectivity index (χ0) is 16.0. The first-order chi connectivity index (χ1) is 9.83. The Balaban J connectivity index is 2.47. The first-order valence-corrected chi connectivity index (χ1v) is 7.20. The largest absolute Gasteiger partial charge is 0.480 e. The lowest BCUT2D eigenvalue weighted by molar-refractivity contribution is -0.147. The molecule has 1 fully saturated rings. The second-order valence-corrected chi connectivity index (χ2v) is 5.75. The predicted molar refractivity (Wildman–Crippen MR) is 75.7 cm³/mol. The molecule has 7 nitrogen and oxygen atoms in total. The maximum Gasteiger partial charge on any atom is 0.326 e. The van der Waals surface area contributed by atoms with E-state index in [0.29, 0.717) is 11.8 Å². The van der Waals surface area contributed by atoms with Crippen LogP contribution in [0, 0.1) is 11.8 Å². The van der Waals surface area contributed by atoms with E-state index in [0.717, 1.165) is 19.3 Å². The fourth-order valence-corrected chi connectivity index (χ4v) is 2.51. The van der Waals surface area contributed by atoms with Crippen LogP contribution in [0.3, 0.4) is 0 Å². The van der Waals surface area contributed by atoms with Crippen molar-refractivity contribution in [2.24, 2.45) is 11.8 Å². The van der Waals surface area contributed by atoms with Crippen molar-refractivity contribution in [2.45, 2.75) is 51.6 Å². The fraction of sp³-hybridized carbons (Fsp3) is 0.786. The number of hydrogen-bond donors (Lipinski definition) is 3. The van der Waals surface area contributed by atoms with E-state index in [2.05, 4.69) is 29.2 Å². The van der Waals surface area contributed by atoms with Gasteiger partial charge in [-0.1, -0.05) is 13.8 Å². The Hall–Kier alpha value is -1.79. The first-order valence-electron chi connectivity index (χ1n) is 7.20. The molecule has 3 unspecified atom stereocenters. The third-order valence-electron chi connectivity index (χ3n) is 4.14. The number of carbonyl (C=O) groups is 3. The SMILES string of the molecule is COC(=O)C[C@H](NC(=O)NC1CCC(C)C(C)C1)C(=O)O. The van der Waals surface area contributed by atoms with E-state index in [9.17, 15) is 14.4 Å². The second kappa shape index (κ2) is 7.85. The van der Waals surface area contributed by atoms with Gasteiger partial charge in [-0.15, -0.1) is 0 Å². The monoisotopic (exact) mass is 300 g/mol. The molecule has 3 N–H and O–H groups in total. The van der Waals surface area contributed by atoms with Gasteiger partial charge in [0, 0.05) is 6.04 Å². The van der Waals surface area contributed by atoms with Gasteiger partial charge in [0.25, 0.3) is 0 Å². The van der Waals surface area contributed by atoms with Crippen LogP contribution in [-0.4, -0.2) is 42.3 Å².